The van der Waals surface area contributed by atoms with Crippen molar-refractivity contribution >= 4 is 33.7 Å². The minimum Gasteiger partial charge on any atom is -0.451 e. The third kappa shape index (κ3) is 4.33. The van der Waals surface area contributed by atoms with Crippen molar-refractivity contribution in [3.05, 3.63) is 117 Å². The van der Waals surface area contributed by atoms with E-state index >= 15 is 0 Å². The highest BCUT2D eigenvalue weighted by Crippen LogP contribution is 2.49. The second kappa shape index (κ2) is 10.1. The van der Waals surface area contributed by atoms with E-state index in [0.29, 0.717) is 11.1 Å². The number of ether oxygens (including phenoxy) is 1. The maximum atomic E-state index is 13.7. The van der Waals surface area contributed by atoms with Gasteiger partial charge in [0.2, 0.25) is 5.91 Å². The van der Waals surface area contributed by atoms with Crippen LogP contribution in [0.25, 0.3) is 16.5 Å². The van der Waals surface area contributed by atoms with Gasteiger partial charge in [-0.05, 0) is 53.8 Å². The zero-order valence-corrected chi connectivity index (χ0v) is 22.2. The molecule has 202 valence electrons. The van der Waals surface area contributed by atoms with Crippen LogP contribution in [-0.4, -0.2) is 52.2 Å². The van der Waals surface area contributed by atoms with E-state index in [9.17, 15) is 22.8 Å². The number of benzene rings is 2. The Morgan fingerprint density at radius 3 is 2.25 bits per heavy atom. The number of azide groups is 1. The molecular formula is C28H23N5O6S. The predicted molar refractivity (Wildman–Crippen MR) is 144 cm³/mol. The van der Waals surface area contributed by atoms with Crippen molar-refractivity contribution in [2.45, 2.75) is 36.1 Å². The molecule has 2 aliphatic heterocycles. The average molecular weight is 558 g/mol. The summed E-state index contributed by atoms with van der Waals surface area (Å²) in [5.74, 6) is -2.36. The van der Waals surface area contributed by atoms with Gasteiger partial charge in [-0.15, -0.1) is 0 Å². The molecule has 0 bridgehead atoms. The summed E-state index contributed by atoms with van der Waals surface area (Å²) in [7, 11) is -4.09. The van der Waals surface area contributed by atoms with Crippen molar-refractivity contribution in [1.82, 2.24) is 9.88 Å². The van der Waals surface area contributed by atoms with Gasteiger partial charge in [0.05, 0.1) is 11.3 Å². The minimum atomic E-state index is -4.09. The first-order valence-electron chi connectivity index (χ1n) is 12.2. The maximum Gasteiger partial charge on any atom is 0.331 e. The third-order valence-electron chi connectivity index (χ3n) is 7.09. The number of hydrogen-bond acceptors (Lipinski definition) is 7. The zero-order chi connectivity index (χ0) is 28.7. The molecule has 2 atom stereocenters. The van der Waals surface area contributed by atoms with Gasteiger partial charge in [-0.25, -0.2) is 13.2 Å². The molecule has 2 aliphatic rings. The van der Waals surface area contributed by atoms with E-state index in [-0.39, 0.29) is 16.8 Å². The molecule has 11 nitrogen and oxygen atoms in total. The van der Waals surface area contributed by atoms with Gasteiger partial charge in [0.15, 0.2) is 27.4 Å². The first-order valence-corrected chi connectivity index (χ1v) is 13.8. The fourth-order valence-electron chi connectivity index (χ4n) is 5.01. The molecular weight excluding hydrogens is 534 g/mol. The molecule has 40 heavy (non-hydrogen) atoms. The molecule has 0 aliphatic carbocycles. The second-order valence-electron chi connectivity index (χ2n) is 9.82. The first-order chi connectivity index (χ1) is 19.1. The van der Waals surface area contributed by atoms with Crippen molar-refractivity contribution < 1.29 is 27.5 Å². The Balaban J connectivity index is 1.49. The zero-order valence-electron chi connectivity index (χ0n) is 21.4. The van der Waals surface area contributed by atoms with Crippen LogP contribution in [0.5, 0.6) is 0 Å². The highest BCUT2D eigenvalue weighted by Gasteiger charge is 2.70. The van der Waals surface area contributed by atoms with Crippen molar-refractivity contribution in [2.24, 2.45) is 5.11 Å². The van der Waals surface area contributed by atoms with Crippen LogP contribution in [0.4, 0.5) is 0 Å². The van der Waals surface area contributed by atoms with Crippen LogP contribution in [0.3, 0.4) is 0 Å². The summed E-state index contributed by atoms with van der Waals surface area (Å²) in [5, 5.41) is 1.64. The molecule has 5 rings (SSSR count). The van der Waals surface area contributed by atoms with Crippen LogP contribution in [0.1, 0.15) is 47.1 Å². The number of rotatable bonds is 6. The molecule has 2 aromatic carbocycles. The van der Waals surface area contributed by atoms with Gasteiger partial charge in [-0.2, -0.15) is 0 Å². The summed E-state index contributed by atoms with van der Waals surface area (Å²) in [5.41, 5.74) is 9.94. The number of carbonyl (C=O) groups excluding carboxylic acids is 3. The quantitative estimate of drug-likeness (QED) is 0.111. The van der Waals surface area contributed by atoms with E-state index < -0.39 is 49.9 Å². The number of pyridine rings is 1. The standard InChI is InChI=1S/C28H23N5O6S/c1-28(2)23(27(36)39-22(17-9-5-3-6-10-17)18-11-7-4-8-12-18)33-25(35)21(26(33)40(28,37)38)16-20-15-19(13-14-30-20)24(34)31-32-29/h3-16,22-23,26H,1-2H3/b21-16-/t23-,26?/m0/s1. The highest BCUT2D eigenvalue weighted by molar-refractivity contribution is 7.94. The number of fused-ring (bicyclic) bond motifs is 1. The summed E-state index contributed by atoms with van der Waals surface area (Å²) < 4.78 is 31.6. The Hall–Kier alpha value is -4.80. The smallest absolute Gasteiger partial charge is 0.331 e. The summed E-state index contributed by atoms with van der Waals surface area (Å²) >= 11 is 0. The maximum absolute atomic E-state index is 13.7. The summed E-state index contributed by atoms with van der Waals surface area (Å²) in [6.45, 7) is 2.80. The molecule has 12 heteroatoms. The largest absolute Gasteiger partial charge is 0.451 e. The number of carbonyl (C=O) groups is 3. The van der Waals surface area contributed by atoms with E-state index in [1.807, 2.05) is 12.1 Å². The second-order valence-corrected chi connectivity index (χ2v) is 12.4. The summed E-state index contributed by atoms with van der Waals surface area (Å²) in [4.78, 5) is 46.5. The van der Waals surface area contributed by atoms with Gasteiger partial charge in [0.1, 0.15) is 4.75 Å². The molecule has 2 fully saturated rings. The fourth-order valence-corrected chi connectivity index (χ4v) is 7.12. The number of amides is 2. The number of aromatic nitrogens is 1. The molecule has 3 aromatic rings. The fraction of sp³-hybridized carbons (Fsp3) is 0.214. The average Bonchev–Trinajstić information content (AvgIpc) is 3.10. The summed E-state index contributed by atoms with van der Waals surface area (Å²) in [6.07, 6.45) is 1.71. The van der Waals surface area contributed by atoms with Gasteiger partial charge < -0.3 is 9.64 Å². The van der Waals surface area contributed by atoms with Crippen LogP contribution < -0.4 is 0 Å². The van der Waals surface area contributed by atoms with Crippen molar-refractivity contribution in [3.8, 4) is 0 Å². The molecule has 3 heterocycles. The number of esters is 1. The lowest BCUT2D eigenvalue weighted by atomic mass is 9.94. The molecule has 0 N–H and O–H groups in total. The van der Waals surface area contributed by atoms with E-state index in [4.69, 9.17) is 10.3 Å². The van der Waals surface area contributed by atoms with E-state index in [0.717, 1.165) is 4.90 Å². The van der Waals surface area contributed by atoms with Crippen molar-refractivity contribution in [2.75, 3.05) is 0 Å². The Kier molecular flexibility index (Phi) is 6.74. The van der Waals surface area contributed by atoms with Gasteiger partial charge in [-0.1, -0.05) is 60.7 Å². The molecule has 2 amide bonds. The van der Waals surface area contributed by atoms with Crippen LogP contribution in [-0.2, 0) is 24.2 Å². The lowest BCUT2D eigenvalue weighted by Crippen LogP contribution is -2.59. The topological polar surface area (TPSA) is 159 Å². The summed E-state index contributed by atoms with van der Waals surface area (Å²) in [6, 6.07) is 19.3. The first kappa shape index (κ1) is 26.8. The Labute approximate surface area is 229 Å². The van der Waals surface area contributed by atoms with Crippen LogP contribution in [0.15, 0.2) is 89.7 Å². The van der Waals surface area contributed by atoms with Crippen LogP contribution in [0, 0.1) is 0 Å². The molecule has 0 spiro atoms. The number of β-lactam (4-membered cyclic amide) rings is 1. The number of nitrogens with zero attached hydrogens (tertiary/aromatic N) is 5. The van der Waals surface area contributed by atoms with E-state index in [2.05, 4.69) is 15.0 Å². The lowest BCUT2D eigenvalue weighted by Gasteiger charge is -2.38. The van der Waals surface area contributed by atoms with Crippen LogP contribution >= 0.6 is 0 Å². The SMILES string of the molecule is CC1(C)[C@H](C(=O)OC(c2ccccc2)c2ccccc2)N2C(=O)/C(=C/c3cc(C(=O)N=[N+]=[N-])ccn3)C2S1(=O)=O. The number of sulfone groups is 1. The molecule has 0 radical (unpaired) electrons. The van der Waals surface area contributed by atoms with Crippen molar-refractivity contribution in [3.63, 3.8) is 0 Å². The van der Waals surface area contributed by atoms with E-state index in [1.165, 1.54) is 38.3 Å². The Morgan fingerprint density at radius 1 is 1.07 bits per heavy atom. The minimum absolute atomic E-state index is 0.0206. The lowest BCUT2D eigenvalue weighted by molar-refractivity contribution is -0.160. The monoisotopic (exact) mass is 557 g/mol. The van der Waals surface area contributed by atoms with Crippen molar-refractivity contribution in [1.29, 1.82) is 0 Å². The van der Waals surface area contributed by atoms with Crippen LogP contribution in [0.2, 0.25) is 0 Å². The Bertz CT molecular complexity index is 1660. The molecule has 2 saturated heterocycles. The highest BCUT2D eigenvalue weighted by atomic mass is 32.2. The molecule has 1 aromatic heterocycles. The van der Waals surface area contributed by atoms with Gasteiger partial charge in [0, 0.05) is 16.7 Å². The molecule has 1 unspecified atom stereocenters. The van der Waals surface area contributed by atoms with Gasteiger partial charge >= 0.3 is 5.97 Å². The molecule has 0 saturated carbocycles. The normalized spacial score (nSPS) is 21.3. The third-order valence-corrected chi connectivity index (χ3v) is 9.85. The number of hydrogen-bond donors (Lipinski definition) is 0. The van der Waals surface area contributed by atoms with E-state index in [1.54, 1.807) is 48.5 Å². The Morgan fingerprint density at radius 2 is 1.68 bits per heavy atom. The van der Waals surface area contributed by atoms with Gasteiger partial charge in [-0.3, -0.25) is 14.6 Å². The predicted octanol–water partition coefficient (Wildman–Crippen LogP) is 3.99. The van der Waals surface area contributed by atoms with Gasteiger partial charge in [0.25, 0.3) is 5.91 Å².